The minimum Gasteiger partial charge on any atom is -0.361 e. The van der Waals surface area contributed by atoms with Gasteiger partial charge in [-0.25, -0.2) is 4.98 Å². The SMILES string of the molecule is Cc1cccc(NC(=O)[C@@H]2CCC(=O)N2Cc2c[nH]c3ccccc23)n1. The first-order valence-corrected chi connectivity index (χ1v) is 8.71. The summed E-state index contributed by atoms with van der Waals surface area (Å²) in [6.45, 7) is 2.29. The summed E-state index contributed by atoms with van der Waals surface area (Å²) in [4.78, 5) is 34.3. The summed E-state index contributed by atoms with van der Waals surface area (Å²) < 4.78 is 0. The molecule has 2 aromatic heterocycles. The third-order valence-electron chi connectivity index (χ3n) is 4.79. The van der Waals surface area contributed by atoms with E-state index < -0.39 is 6.04 Å². The third-order valence-corrected chi connectivity index (χ3v) is 4.79. The molecule has 0 saturated carbocycles. The van der Waals surface area contributed by atoms with Crippen molar-refractivity contribution in [3.8, 4) is 0 Å². The van der Waals surface area contributed by atoms with Gasteiger partial charge in [0, 0.05) is 35.8 Å². The van der Waals surface area contributed by atoms with Crippen LogP contribution in [0.4, 0.5) is 5.82 Å². The standard InChI is InChI=1S/C20H20N4O2/c1-13-5-4-8-18(22-13)23-20(26)17-9-10-19(25)24(17)12-14-11-21-16-7-3-2-6-15(14)16/h2-8,11,17,21H,9-10,12H2,1H3,(H,22,23,26)/t17-/m0/s1. The molecule has 6 heteroatoms. The third kappa shape index (κ3) is 3.06. The van der Waals surface area contributed by atoms with Crippen LogP contribution in [0.5, 0.6) is 0 Å². The van der Waals surface area contributed by atoms with E-state index in [1.165, 1.54) is 0 Å². The number of hydrogen-bond donors (Lipinski definition) is 2. The Balaban J connectivity index is 1.54. The van der Waals surface area contributed by atoms with Crippen molar-refractivity contribution in [3.05, 3.63) is 59.9 Å². The fourth-order valence-corrected chi connectivity index (χ4v) is 3.47. The van der Waals surface area contributed by atoms with Crippen LogP contribution in [0.15, 0.2) is 48.7 Å². The van der Waals surface area contributed by atoms with Crippen molar-refractivity contribution >= 4 is 28.5 Å². The van der Waals surface area contributed by atoms with Crippen LogP contribution >= 0.6 is 0 Å². The minimum absolute atomic E-state index is 0.00707. The Hall–Kier alpha value is -3.15. The van der Waals surface area contributed by atoms with Crippen LogP contribution < -0.4 is 5.32 Å². The normalized spacial score (nSPS) is 17.0. The molecule has 1 aliphatic heterocycles. The lowest BCUT2D eigenvalue weighted by Crippen LogP contribution is -2.41. The van der Waals surface area contributed by atoms with E-state index in [2.05, 4.69) is 15.3 Å². The van der Waals surface area contributed by atoms with Gasteiger partial charge in [-0.1, -0.05) is 24.3 Å². The molecule has 1 fully saturated rings. The molecule has 1 saturated heterocycles. The van der Waals surface area contributed by atoms with Crippen molar-refractivity contribution in [1.29, 1.82) is 0 Å². The van der Waals surface area contributed by atoms with Gasteiger partial charge in [0.25, 0.3) is 0 Å². The van der Waals surface area contributed by atoms with E-state index >= 15 is 0 Å². The number of pyridine rings is 1. The molecule has 0 spiro atoms. The number of likely N-dealkylation sites (tertiary alicyclic amines) is 1. The molecule has 4 rings (SSSR count). The predicted molar refractivity (Wildman–Crippen MR) is 99.5 cm³/mol. The number of fused-ring (bicyclic) bond motifs is 1. The second-order valence-corrected chi connectivity index (χ2v) is 6.59. The van der Waals surface area contributed by atoms with Crippen LogP contribution in [0.1, 0.15) is 24.1 Å². The van der Waals surface area contributed by atoms with Gasteiger partial charge in [0.1, 0.15) is 11.9 Å². The highest BCUT2D eigenvalue weighted by atomic mass is 16.2. The second kappa shape index (κ2) is 6.63. The quantitative estimate of drug-likeness (QED) is 0.761. The molecule has 0 unspecified atom stereocenters. The summed E-state index contributed by atoms with van der Waals surface area (Å²) in [5.74, 6) is 0.336. The molecule has 1 atom stereocenters. The number of benzene rings is 1. The van der Waals surface area contributed by atoms with Crippen molar-refractivity contribution in [3.63, 3.8) is 0 Å². The van der Waals surface area contributed by atoms with Crippen LogP contribution in [-0.2, 0) is 16.1 Å². The molecule has 26 heavy (non-hydrogen) atoms. The predicted octanol–water partition coefficient (Wildman–Crippen LogP) is 3.00. The first-order valence-electron chi connectivity index (χ1n) is 8.71. The summed E-state index contributed by atoms with van der Waals surface area (Å²) >= 11 is 0. The molecule has 132 valence electrons. The summed E-state index contributed by atoms with van der Waals surface area (Å²) in [7, 11) is 0. The fourth-order valence-electron chi connectivity index (χ4n) is 3.47. The van der Waals surface area contributed by atoms with Crippen molar-refractivity contribution in [1.82, 2.24) is 14.9 Å². The van der Waals surface area contributed by atoms with Crippen LogP contribution in [-0.4, -0.2) is 32.7 Å². The number of anilines is 1. The number of hydrogen-bond acceptors (Lipinski definition) is 3. The Morgan fingerprint density at radius 1 is 1.27 bits per heavy atom. The number of carbonyl (C=O) groups is 2. The van der Waals surface area contributed by atoms with Gasteiger partial charge in [-0.3, -0.25) is 9.59 Å². The average molecular weight is 348 g/mol. The summed E-state index contributed by atoms with van der Waals surface area (Å²) in [6.07, 6.45) is 2.83. The fraction of sp³-hybridized carbons (Fsp3) is 0.250. The lowest BCUT2D eigenvalue weighted by atomic mass is 10.1. The average Bonchev–Trinajstić information content (AvgIpc) is 3.20. The van der Waals surface area contributed by atoms with Gasteiger partial charge in [-0.2, -0.15) is 0 Å². The van der Waals surface area contributed by atoms with Gasteiger partial charge < -0.3 is 15.2 Å². The number of carbonyl (C=O) groups excluding carboxylic acids is 2. The Morgan fingerprint density at radius 2 is 2.12 bits per heavy atom. The molecular weight excluding hydrogens is 328 g/mol. The van der Waals surface area contributed by atoms with Crippen LogP contribution in [0.2, 0.25) is 0 Å². The lowest BCUT2D eigenvalue weighted by Gasteiger charge is -2.23. The highest BCUT2D eigenvalue weighted by Crippen LogP contribution is 2.26. The zero-order chi connectivity index (χ0) is 18.1. The van der Waals surface area contributed by atoms with E-state index in [4.69, 9.17) is 0 Å². The molecule has 3 aromatic rings. The summed E-state index contributed by atoms with van der Waals surface area (Å²) in [6, 6.07) is 13.0. The molecule has 6 nitrogen and oxygen atoms in total. The second-order valence-electron chi connectivity index (χ2n) is 6.59. The van der Waals surface area contributed by atoms with Crippen LogP contribution in [0, 0.1) is 6.92 Å². The van der Waals surface area contributed by atoms with Gasteiger partial charge >= 0.3 is 0 Å². The lowest BCUT2D eigenvalue weighted by molar-refractivity contribution is -0.133. The van der Waals surface area contributed by atoms with Crippen LogP contribution in [0.25, 0.3) is 10.9 Å². The van der Waals surface area contributed by atoms with E-state index in [1.54, 1.807) is 11.0 Å². The van der Waals surface area contributed by atoms with E-state index in [9.17, 15) is 9.59 Å². The minimum atomic E-state index is -0.474. The zero-order valence-electron chi connectivity index (χ0n) is 14.5. The molecule has 0 aliphatic carbocycles. The molecular formula is C20H20N4O2. The number of aryl methyl sites for hydroxylation is 1. The number of aromatic amines is 1. The van der Waals surface area contributed by atoms with E-state index in [1.807, 2.05) is 49.5 Å². The van der Waals surface area contributed by atoms with Crippen molar-refractivity contribution < 1.29 is 9.59 Å². The van der Waals surface area contributed by atoms with Crippen molar-refractivity contribution in [2.45, 2.75) is 32.4 Å². The Morgan fingerprint density at radius 3 is 2.96 bits per heavy atom. The smallest absolute Gasteiger partial charge is 0.248 e. The van der Waals surface area contributed by atoms with Gasteiger partial charge in [0.2, 0.25) is 11.8 Å². The van der Waals surface area contributed by atoms with Gasteiger partial charge in [0.05, 0.1) is 0 Å². The molecule has 1 aromatic carbocycles. The molecule has 2 N–H and O–H groups in total. The highest BCUT2D eigenvalue weighted by molar-refractivity contribution is 5.98. The van der Waals surface area contributed by atoms with E-state index in [0.29, 0.717) is 25.2 Å². The van der Waals surface area contributed by atoms with E-state index in [0.717, 1.165) is 22.2 Å². The van der Waals surface area contributed by atoms with Crippen LogP contribution in [0.3, 0.4) is 0 Å². The first kappa shape index (κ1) is 16.3. The maximum Gasteiger partial charge on any atom is 0.248 e. The number of amides is 2. The number of nitrogens with one attached hydrogen (secondary N) is 2. The number of nitrogens with zero attached hydrogens (tertiary/aromatic N) is 2. The van der Waals surface area contributed by atoms with Gasteiger partial charge in [-0.15, -0.1) is 0 Å². The molecule has 0 bridgehead atoms. The number of rotatable bonds is 4. The molecule has 1 aliphatic rings. The van der Waals surface area contributed by atoms with Gasteiger partial charge in [-0.05, 0) is 37.1 Å². The van der Waals surface area contributed by atoms with E-state index in [-0.39, 0.29) is 11.8 Å². The molecule has 0 radical (unpaired) electrons. The maximum absolute atomic E-state index is 12.7. The monoisotopic (exact) mass is 348 g/mol. The molecule has 3 heterocycles. The number of para-hydroxylation sites is 1. The largest absolute Gasteiger partial charge is 0.361 e. The highest BCUT2D eigenvalue weighted by Gasteiger charge is 2.36. The van der Waals surface area contributed by atoms with Crippen molar-refractivity contribution in [2.75, 3.05) is 5.32 Å². The summed E-state index contributed by atoms with van der Waals surface area (Å²) in [5.41, 5.74) is 2.88. The summed E-state index contributed by atoms with van der Waals surface area (Å²) in [5, 5.41) is 3.92. The Bertz CT molecular complexity index is 979. The van der Waals surface area contributed by atoms with Gasteiger partial charge in [0.15, 0.2) is 0 Å². The Labute approximate surface area is 151 Å². The number of aromatic nitrogens is 2. The Kier molecular flexibility index (Phi) is 4.16. The first-order chi connectivity index (χ1) is 12.6. The number of H-pyrrole nitrogens is 1. The molecule has 2 amide bonds. The zero-order valence-corrected chi connectivity index (χ0v) is 14.5. The topological polar surface area (TPSA) is 78.1 Å². The van der Waals surface area contributed by atoms with Crippen molar-refractivity contribution in [2.24, 2.45) is 0 Å². The maximum atomic E-state index is 12.7.